The predicted octanol–water partition coefficient (Wildman–Crippen LogP) is 4.22. The average molecular weight is 305 g/mol. The molecule has 0 radical (unpaired) electrons. The fourth-order valence-corrected chi connectivity index (χ4v) is 2.45. The number of rotatable bonds is 6. The van der Waals surface area contributed by atoms with Crippen molar-refractivity contribution in [3.63, 3.8) is 0 Å². The standard InChI is InChI=1S/C17H21ClN2O/c1-4-20-17(13-6-5-7-15(18)8-13)14-9-16(11-19-10-14)21-12(2)3/h5-12,17,20H,4H2,1-3H3. The van der Waals surface area contributed by atoms with Crippen molar-refractivity contribution in [3.8, 4) is 5.75 Å². The zero-order valence-electron chi connectivity index (χ0n) is 12.6. The summed E-state index contributed by atoms with van der Waals surface area (Å²) in [5.41, 5.74) is 2.19. The van der Waals surface area contributed by atoms with Gasteiger partial charge in [-0.05, 0) is 49.7 Å². The van der Waals surface area contributed by atoms with Gasteiger partial charge in [0.1, 0.15) is 5.75 Å². The van der Waals surface area contributed by atoms with Gasteiger partial charge in [-0.25, -0.2) is 0 Å². The molecule has 0 fully saturated rings. The van der Waals surface area contributed by atoms with Crippen molar-refractivity contribution in [2.24, 2.45) is 0 Å². The van der Waals surface area contributed by atoms with Crippen molar-refractivity contribution in [1.82, 2.24) is 10.3 Å². The Morgan fingerprint density at radius 1 is 1.19 bits per heavy atom. The van der Waals surface area contributed by atoms with Crippen LogP contribution >= 0.6 is 11.6 Å². The maximum absolute atomic E-state index is 6.11. The Morgan fingerprint density at radius 3 is 2.67 bits per heavy atom. The van der Waals surface area contributed by atoms with Gasteiger partial charge in [0.25, 0.3) is 0 Å². The molecule has 0 aliphatic rings. The van der Waals surface area contributed by atoms with Gasteiger partial charge in [0.2, 0.25) is 0 Å². The summed E-state index contributed by atoms with van der Waals surface area (Å²) in [6.07, 6.45) is 3.73. The first-order chi connectivity index (χ1) is 10.1. The monoisotopic (exact) mass is 304 g/mol. The van der Waals surface area contributed by atoms with Gasteiger partial charge in [-0.15, -0.1) is 0 Å². The summed E-state index contributed by atoms with van der Waals surface area (Å²) >= 11 is 6.11. The number of hydrogen-bond acceptors (Lipinski definition) is 3. The van der Waals surface area contributed by atoms with Crippen LogP contribution in [0.4, 0.5) is 0 Å². The van der Waals surface area contributed by atoms with E-state index < -0.39 is 0 Å². The highest BCUT2D eigenvalue weighted by Crippen LogP contribution is 2.26. The number of hydrogen-bond donors (Lipinski definition) is 1. The fourth-order valence-electron chi connectivity index (χ4n) is 2.25. The third kappa shape index (κ3) is 4.45. The van der Waals surface area contributed by atoms with E-state index in [1.165, 1.54) is 0 Å². The smallest absolute Gasteiger partial charge is 0.138 e. The molecular weight excluding hydrogens is 284 g/mol. The zero-order chi connectivity index (χ0) is 15.2. The molecule has 1 atom stereocenters. The molecule has 1 heterocycles. The molecule has 0 saturated heterocycles. The first-order valence-electron chi connectivity index (χ1n) is 7.20. The van der Waals surface area contributed by atoms with E-state index in [4.69, 9.17) is 16.3 Å². The molecule has 0 aliphatic carbocycles. The molecule has 2 aromatic rings. The minimum atomic E-state index is 0.0527. The molecule has 4 heteroatoms. The molecule has 0 amide bonds. The van der Waals surface area contributed by atoms with Gasteiger partial charge in [0, 0.05) is 11.2 Å². The first kappa shape index (κ1) is 15.8. The van der Waals surface area contributed by atoms with E-state index >= 15 is 0 Å². The van der Waals surface area contributed by atoms with Crippen LogP contribution in [0.5, 0.6) is 5.75 Å². The number of pyridine rings is 1. The minimum Gasteiger partial charge on any atom is -0.489 e. The van der Waals surface area contributed by atoms with Crippen LogP contribution in [0, 0.1) is 0 Å². The number of halogens is 1. The lowest BCUT2D eigenvalue weighted by Gasteiger charge is -2.20. The van der Waals surface area contributed by atoms with E-state index in [9.17, 15) is 0 Å². The maximum Gasteiger partial charge on any atom is 0.138 e. The van der Waals surface area contributed by atoms with Crippen LogP contribution < -0.4 is 10.1 Å². The minimum absolute atomic E-state index is 0.0527. The fraction of sp³-hybridized carbons (Fsp3) is 0.353. The molecule has 0 saturated carbocycles. The third-order valence-electron chi connectivity index (χ3n) is 3.03. The number of nitrogens with zero attached hydrogens (tertiary/aromatic N) is 1. The van der Waals surface area contributed by atoms with Gasteiger partial charge in [-0.3, -0.25) is 4.98 Å². The van der Waals surface area contributed by atoms with Crippen LogP contribution in [0.3, 0.4) is 0 Å². The van der Waals surface area contributed by atoms with Crippen molar-refractivity contribution in [1.29, 1.82) is 0 Å². The van der Waals surface area contributed by atoms with Crippen molar-refractivity contribution in [2.75, 3.05) is 6.54 Å². The Hall–Kier alpha value is -1.58. The van der Waals surface area contributed by atoms with Gasteiger partial charge in [0.05, 0.1) is 18.3 Å². The third-order valence-corrected chi connectivity index (χ3v) is 3.26. The van der Waals surface area contributed by atoms with Crippen LogP contribution in [0.1, 0.15) is 37.9 Å². The van der Waals surface area contributed by atoms with Gasteiger partial charge in [-0.2, -0.15) is 0 Å². The van der Waals surface area contributed by atoms with Crippen LogP contribution in [-0.4, -0.2) is 17.6 Å². The van der Waals surface area contributed by atoms with Crippen molar-refractivity contribution >= 4 is 11.6 Å². The zero-order valence-corrected chi connectivity index (χ0v) is 13.4. The van der Waals surface area contributed by atoms with Crippen LogP contribution in [-0.2, 0) is 0 Å². The van der Waals surface area contributed by atoms with Gasteiger partial charge < -0.3 is 10.1 Å². The quantitative estimate of drug-likeness (QED) is 0.867. The lowest BCUT2D eigenvalue weighted by molar-refractivity contribution is 0.241. The molecule has 3 nitrogen and oxygen atoms in total. The van der Waals surface area contributed by atoms with E-state index in [1.807, 2.05) is 44.3 Å². The molecule has 0 bridgehead atoms. The number of nitrogens with one attached hydrogen (secondary N) is 1. The summed E-state index contributed by atoms with van der Waals surface area (Å²) in [5, 5.41) is 4.20. The summed E-state index contributed by atoms with van der Waals surface area (Å²) in [4.78, 5) is 4.29. The molecule has 0 spiro atoms. The summed E-state index contributed by atoms with van der Waals surface area (Å²) in [6.45, 7) is 6.95. The second-order valence-corrected chi connectivity index (χ2v) is 5.60. The maximum atomic E-state index is 6.11. The molecule has 1 aromatic carbocycles. The SMILES string of the molecule is CCNC(c1cccc(Cl)c1)c1cncc(OC(C)C)c1. The summed E-state index contributed by atoms with van der Waals surface area (Å²) in [6, 6.07) is 9.97. The van der Waals surface area contributed by atoms with E-state index in [0.717, 1.165) is 28.4 Å². The second-order valence-electron chi connectivity index (χ2n) is 5.17. The normalized spacial score (nSPS) is 12.4. The second kappa shape index (κ2) is 7.43. The first-order valence-corrected chi connectivity index (χ1v) is 7.58. The van der Waals surface area contributed by atoms with Gasteiger partial charge >= 0.3 is 0 Å². The lowest BCUT2D eigenvalue weighted by Crippen LogP contribution is -2.22. The summed E-state index contributed by atoms with van der Waals surface area (Å²) in [7, 11) is 0. The van der Waals surface area contributed by atoms with E-state index in [-0.39, 0.29) is 12.1 Å². The molecule has 1 N–H and O–H groups in total. The molecule has 0 aliphatic heterocycles. The van der Waals surface area contributed by atoms with Gasteiger partial charge in [0.15, 0.2) is 0 Å². The Bertz CT molecular complexity index is 587. The van der Waals surface area contributed by atoms with E-state index in [2.05, 4.69) is 23.3 Å². The lowest BCUT2D eigenvalue weighted by atomic mass is 10.00. The summed E-state index contributed by atoms with van der Waals surface area (Å²) < 4.78 is 5.73. The van der Waals surface area contributed by atoms with Crippen molar-refractivity contribution < 1.29 is 4.74 Å². The highest BCUT2D eigenvalue weighted by molar-refractivity contribution is 6.30. The van der Waals surface area contributed by atoms with E-state index in [0.29, 0.717) is 0 Å². The van der Waals surface area contributed by atoms with Crippen LogP contribution in [0.15, 0.2) is 42.7 Å². The van der Waals surface area contributed by atoms with Crippen molar-refractivity contribution in [3.05, 3.63) is 58.9 Å². The highest BCUT2D eigenvalue weighted by atomic mass is 35.5. The largest absolute Gasteiger partial charge is 0.489 e. The summed E-state index contributed by atoms with van der Waals surface area (Å²) in [5.74, 6) is 0.785. The van der Waals surface area contributed by atoms with Crippen LogP contribution in [0.25, 0.3) is 0 Å². The van der Waals surface area contributed by atoms with E-state index in [1.54, 1.807) is 6.20 Å². The number of benzene rings is 1. The Morgan fingerprint density at radius 2 is 2.00 bits per heavy atom. The Labute approximate surface area is 131 Å². The van der Waals surface area contributed by atoms with Gasteiger partial charge in [-0.1, -0.05) is 30.7 Å². The van der Waals surface area contributed by atoms with Crippen LogP contribution in [0.2, 0.25) is 5.02 Å². The predicted molar refractivity (Wildman–Crippen MR) is 87.0 cm³/mol. The topological polar surface area (TPSA) is 34.2 Å². The molecule has 2 rings (SSSR count). The number of ether oxygens (including phenoxy) is 1. The van der Waals surface area contributed by atoms with Crippen molar-refractivity contribution in [2.45, 2.75) is 32.9 Å². The number of aromatic nitrogens is 1. The molecule has 21 heavy (non-hydrogen) atoms. The Balaban J connectivity index is 2.34. The average Bonchev–Trinajstić information content (AvgIpc) is 2.44. The molecular formula is C17H21ClN2O. The molecule has 112 valence electrons. The molecule has 1 aromatic heterocycles. The molecule has 1 unspecified atom stereocenters. The Kier molecular flexibility index (Phi) is 5.59. The highest BCUT2D eigenvalue weighted by Gasteiger charge is 2.14.